The Morgan fingerprint density at radius 3 is 2.47 bits per heavy atom. The van der Waals surface area contributed by atoms with Gasteiger partial charge in [-0.25, -0.2) is 0 Å². The third kappa shape index (κ3) is 5.79. The highest BCUT2D eigenvalue weighted by atomic mass is 35.5. The van der Waals surface area contributed by atoms with E-state index >= 15 is 0 Å². The van der Waals surface area contributed by atoms with E-state index in [2.05, 4.69) is 22.3 Å². The van der Waals surface area contributed by atoms with Gasteiger partial charge in [0.1, 0.15) is 5.75 Å². The molecule has 164 valence electrons. The number of halogens is 1. The molecule has 0 aliphatic carbocycles. The van der Waals surface area contributed by atoms with Crippen molar-refractivity contribution in [3.63, 3.8) is 0 Å². The summed E-state index contributed by atoms with van der Waals surface area (Å²) in [4.78, 5) is 2.46. The van der Waals surface area contributed by atoms with Gasteiger partial charge in [-0.05, 0) is 42.3 Å². The molecule has 6 nitrogen and oxygen atoms in total. The standard InChI is InChI=1S/C23H31ClN2O4/c1-4-30-22-14-17(13-20(24)23(22)28-3)15-25-16-21(26-9-11-29-12-10-26)18-5-7-19(27-2)8-6-18/h5-8,13-14,21,25H,4,9-12,15-16H2,1-3H3/t21-/m1/s1. The van der Waals surface area contributed by atoms with Gasteiger partial charge in [-0.2, -0.15) is 0 Å². The molecule has 0 spiro atoms. The van der Waals surface area contributed by atoms with Gasteiger partial charge in [0.2, 0.25) is 0 Å². The molecule has 0 saturated carbocycles. The number of nitrogens with one attached hydrogen (secondary N) is 1. The van der Waals surface area contributed by atoms with Crippen LogP contribution >= 0.6 is 11.6 Å². The minimum Gasteiger partial charge on any atom is -0.497 e. The average molecular weight is 435 g/mol. The summed E-state index contributed by atoms with van der Waals surface area (Å²) in [5.74, 6) is 2.11. The Kier molecular flexibility index (Phi) is 8.63. The summed E-state index contributed by atoms with van der Waals surface area (Å²) in [5, 5.41) is 4.15. The predicted octanol–water partition coefficient (Wildman–Crippen LogP) is 3.92. The van der Waals surface area contributed by atoms with Crippen molar-refractivity contribution in [3.05, 3.63) is 52.5 Å². The lowest BCUT2D eigenvalue weighted by atomic mass is 10.0. The van der Waals surface area contributed by atoms with Crippen molar-refractivity contribution in [2.24, 2.45) is 0 Å². The SMILES string of the molecule is CCOc1cc(CNC[C@H](c2ccc(OC)cc2)N2CCOCC2)cc(Cl)c1OC. The van der Waals surface area contributed by atoms with Crippen molar-refractivity contribution in [1.29, 1.82) is 0 Å². The fraction of sp³-hybridized carbons (Fsp3) is 0.478. The van der Waals surface area contributed by atoms with Crippen LogP contribution in [0.3, 0.4) is 0 Å². The Hall–Kier alpha value is -1.99. The predicted molar refractivity (Wildman–Crippen MR) is 119 cm³/mol. The summed E-state index contributed by atoms with van der Waals surface area (Å²) in [6.07, 6.45) is 0. The average Bonchev–Trinajstić information content (AvgIpc) is 2.78. The molecule has 1 fully saturated rings. The Morgan fingerprint density at radius 1 is 1.10 bits per heavy atom. The van der Waals surface area contributed by atoms with Gasteiger partial charge < -0.3 is 24.3 Å². The number of hydrogen-bond acceptors (Lipinski definition) is 6. The molecule has 1 aliphatic rings. The van der Waals surface area contributed by atoms with Gasteiger partial charge in [0.05, 0.1) is 39.1 Å². The lowest BCUT2D eigenvalue weighted by molar-refractivity contribution is 0.0161. The van der Waals surface area contributed by atoms with E-state index in [1.807, 2.05) is 31.2 Å². The van der Waals surface area contributed by atoms with Crippen LogP contribution in [-0.4, -0.2) is 58.6 Å². The maximum atomic E-state index is 6.39. The summed E-state index contributed by atoms with van der Waals surface area (Å²) >= 11 is 6.39. The van der Waals surface area contributed by atoms with Gasteiger partial charge in [-0.15, -0.1) is 0 Å². The monoisotopic (exact) mass is 434 g/mol. The van der Waals surface area contributed by atoms with E-state index in [0.29, 0.717) is 29.7 Å². The zero-order valence-corrected chi connectivity index (χ0v) is 18.7. The summed E-state index contributed by atoms with van der Waals surface area (Å²) in [7, 11) is 3.29. The third-order valence-electron chi connectivity index (χ3n) is 5.23. The second-order valence-corrected chi connectivity index (χ2v) is 7.52. The van der Waals surface area contributed by atoms with Crippen LogP contribution in [0.4, 0.5) is 0 Å². The number of benzene rings is 2. The largest absolute Gasteiger partial charge is 0.497 e. The Bertz CT molecular complexity index is 795. The van der Waals surface area contributed by atoms with Gasteiger partial charge in [-0.1, -0.05) is 23.7 Å². The van der Waals surface area contributed by atoms with E-state index in [4.69, 9.17) is 30.5 Å². The van der Waals surface area contributed by atoms with Crippen molar-refractivity contribution in [2.45, 2.75) is 19.5 Å². The number of rotatable bonds is 10. The van der Waals surface area contributed by atoms with E-state index in [9.17, 15) is 0 Å². The molecule has 1 N–H and O–H groups in total. The number of nitrogens with zero attached hydrogens (tertiary/aromatic N) is 1. The van der Waals surface area contributed by atoms with Crippen LogP contribution in [0.15, 0.2) is 36.4 Å². The molecule has 2 aromatic carbocycles. The molecule has 1 heterocycles. The molecule has 0 amide bonds. The molecule has 1 atom stereocenters. The molecular formula is C23H31ClN2O4. The summed E-state index contributed by atoms with van der Waals surface area (Å²) in [6, 6.07) is 12.5. The van der Waals surface area contributed by atoms with Gasteiger partial charge in [0.25, 0.3) is 0 Å². The smallest absolute Gasteiger partial charge is 0.179 e. The van der Waals surface area contributed by atoms with Gasteiger partial charge in [0.15, 0.2) is 11.5 Å². The summed E-state index contributed by atoms with van der Waals surface area (Å²) in [5.41, 5.74) is 2.31. The number of methoxy groups -OCH3 is 2. The van der Waals surface area contributed by atoms with Crippen LogP contribution in [0.2, 0.25) is 5.02 Å². The molecule has 1 aliphatic heterocycles. The summed E-state index contributed by atoms with van der Waals surface area (Å²) < 4.78 is 21.9. The quantitative estimate of drug-likeness (QED) is 0.611. The van der Waals surface area contributed by atoms with Crippen LogP contribution < -0.4 is 19.5 Å². The number of morpholine rings is 1. The molecule has 0 bridgehead atoms. The van der Waals surface area contributed by atoms with Crippen LogP contribution in [-0.2, 0) is 11.3 Å². The highest BCUT2D eigenvalue weighted by molar-refractivity contribution is 6.32. The summed E-state index contributed by atoms with van der Waals surface area (Å²) in [6.45, 7) is 7.35. The van der Waals surface area contributed by atoms with Gasteiger partial charge in [0, 0.05) is 32.2 Å². The first-order chi connectivity index (χ1) is 14.7. The molecule has 0 aromatic heterocycles. The van der Waals surface area contributed by atoms with E-state index in [0.717, 1.165) is 44.2 Å². The molecule has 7 heteroatoms. The fourth-order valence-corrected chi connectivity index (χ4v) is 4.02. The first kappa shape index (κ1) is 22.7. The van der Waals surface area contributed by atoms with Gasteiger partial charge in [-0.3, -0.25) is 4.90 Å². The van der Waals surface area contributed by atoms with Crippen molar-refractivity contribution >= 4 is 11.6 Å². The van der Waals surface area contributed by atoms with Crippen molar-refractivity contribution in [1.82, 2.24) is 10.2 Å². The molecule has 0 unspecified atom stereocenters. The minimum atomic E-state index is 0.250. The molecule has 30 heavy (non-hydrogen) atoms. The second-order valence-electron chi connectivity index (χ2n) is 7.11. The fourth-order valence-electron chi connectivity index (χ4n) is 3.71. The molecular weight excluding hydrogens is 404 g/mol. The second kappa shape index (κ2) is 11.4. The van der Waals surface area contributed by atoms with E-state index in [1.165, 1.54) is 5.56 Å². The number of ether oxygens (including phenoxy) is 4. The number of hydrogen-bond donors (Lipinski definition) is 1. The highest BCUT2D eigenvalue weighted by Gasteiger charge is 2.22. The van der Waals surface area contributed by atoms with E-state index < -0.39 is 0 Å². The molecule has 1 saturated heterocycles. The molecule has 0 radical (unpaired) electrons. The lowest BCUT2D eigenvalue weighted by Crippen LogP contribution is -2.42. The highest BCUT2D eigenvalue weighted by Crippen LogP contribution is 2.36. The van der Waals surface area contributed by atoms with Crippen LogP contribution in [0, 0.1) is 0 Å². The Labute approximate surface area is 184 Å². The van der Waals surface area contributed by atoms with Crippen LogP contribution in [0.25, 0.3) is 0 Å². The van der Waals surface area contributed by atoms with Crippen LogP contribution in [0.5, 0.6) is 17.2 Å². The molecule has 2 aromatic rings. The van der Waals surface area contributed by atoms with Crippen LogP contribution in [0.1, 0.15) is 24.1 Å². The van der Waals surface area contributed by atoms with Crippen molar-refractivity contribution < 1.29 is 18.9 Å². The van der Waals surface area contributed by atoms with Crippen molar-refractivity contribution in [3.8, 4) is 17.2 Å². The normalized spacial score (nSPS) is 15.6. The van der Waals surface area contributed by atoms with E-state index in [-0.39, 0.29) is 6.04 Å². The first-order valence-corrected chi connectivity index (χ1v) is 10.7. The zero-order valence-electron chi connectivity index (χ0n) is 17.9. The maximum absolute atomic E-state index is 6.39. The topological polar surface area (TPSA) is 52.2 Å². The molecule has 3 rings (SSSR count). The Balaban J connectivity index is 1.70. The first-order valence-electron chi connectivity index (χ1n) is 10.3. The maximum Gasteiger partial charge on any atom is 0.179 e. The Morgan fingerprint density at radius 2 is 1.83 bits per heavy atom. The minimum absolute atomic E-state index is 0.250. The lowest BCUT2D eigenvalue weighted by Gasteiger charge is -2.35. The van der Waals surface area contributed by atoms with Crippen molar-refractivity contribution in [2.75, 3.05) is 53.7 Å². The third-order valence-corrected chi connectivity index (χ3v) is 5.51. The van der Waals surface area contributed by atoms with Gasteiger partial charge >= 0.3 is 0 Å². The van der Waals surface area contributed by atoms with E-state index in [1.54, 1.807) is 14.2 Å². The zero-order chi connectivity index (χ0) is 21.3.